The first-order valence-electron chi connectivity index (χ1n) is 23.2. The van der Waals surface area contributed by atoms with Crippen molar-refractivity contribution in [3.8, 4) is 5.88 Å². The molecule has 5 fully saturated rings. The van der Waals surface area contributed by atoms with E-state index in [1.54, 1.807) is 12.3 Å². The highest BCUT2D eigenvalue weighted by atomic mass is 32.2. The number of aliphatic hydroxyl groups is 1. The van der Waals surface area contributed by atoms with Gasteiger partial charge in [0.25, 0.3) is 0 Å². The number of allylic oxidation sites excluding steroid dienone is 5. The highest BCUT2D eigenvalue weighted by Crippen LogP contribution is 2.76. The van der Waals surface area contributed by atoms with Gasteiger partial charge in [-0.3, -0.25) is 4.79 Å². The molecule has 0 saturated heterocycles. The third-order valence-corrected chi connectivity index (χ3v) is 20.4. The predicted molar refractivity (Wildman–Crippen MR) is 235 cm³/mol. The molecule has 59 heavy (non-hydrogen) atoms. The first-order valence-corrected chi connectivity index (χ1v) is 24.4. The fraction of sp³-hybridized carbons (Fsp3) is 0.760. The molecule has 11 atom stereocenters. The number of carbonyl (C=O) groups is 1. The maximum Gasteiger partial charge on any atom is 0.313 e. The molecule has 0 aliphatic heterocycles. The second-order valence-corrected chi connectivity index (χ2v) is 23.5. The molecule has 0 spiro atoms. The molecule has 1 heterocycles. The van der Waals surface area contributed by atoms with Gasteiger partial charge in [-0.25, -0.2) is 9.19 Å². The van der Waals surface area contributed by atoms with Gasteiger partial charge >= 0.3 is 5.97 Å². The Kier molecular flexibility index (Phi) is 11.4. The Hall–Kier alpha value is -2.33. The molecular weight excluding hydrogens is 757 g/mol. The molecule has 1 aromatic heterocycles. The lowest BCUT2D eigenvalue weighted by Gasteiger charge is -2.72. The fourth-order valence-corrected chi connectivity index (χ4v) is 16.5. The number of nitrogens with zero attached hydrogens (tertiary/aromatic N) is 1. The number of pyridine rings is 1. The van der Waals surface area contributed by atoms with Crippen LogP contribution in [0.4, 0.5) is 0 Å². The highest BCUT2D eigenvalue weighted by molar-refractivity contribution is 7.79. The van der Waals surface area contributed by atoms with Gasteiger partial charge in [0.15, 0.2) is 11.1 Å². The van der Waals surface area contributed by atoms with Crippen molar-refractivity contribution in [2.24, 2.45) is 56.7 Å². The molecule has 9 heteroatoms. The number of fused-ring (bicyclic) bond motifs is 7. The van der Waals surface area contributed by atoms with E-state index in [0.717, 1.165) is 19.4 Å². The highest BCUT2D eigenvalue weighted by Gasteiger charge is 2.70. The van der Waals surface area contributed by atoms with Gasteiger partial charge in [0, 0.05) is 17.8 Å². The zero-order chi connectivity index (χ0) is 42.2. The summed E-state index contributed by atoms with van der Waals surface area (Å²) in [5.41, 5.74) is 3.16. The minimum atomic E-state index is -1.81. The van der Waals surface area contributed by atoms with Crippen molar-refractivity contribution in [2.75, 3.05) is 13.2 Å². The van der Waals surface area contributed by atoms with Crippen molar-refractivity contribution in [1.82, 2.24) is 10.3 Å². The van der Waals surface area contributed by atoms with Gasteiger partial charge in [-0.15, -0.1) is 0 Å². The Morgan fingerprint density at radius 3 is 2.32 bits per heavy atom. The first-order chi connectivity index (χ1) is 27.8. The maximum absolute atomic E-state index is 12.7. The molecule has 8 nitrogen and oxygen atoms in total. The molecule has 7 aliphatic rings. The van der Waals surface area contributed by atoms with Crippen molar-refractivity contribution in [2.45, 2.75) is 167 Å². The summed E-state index contributed by atoms with van der Waals surface area (Å²) >= 11 is -1.81. The third-order valence-electron chi connectivity index (χ3n) is 19.4. The molecule has 8 rings (SSSR count). The summed E-state index contributed by atoms with van der Waals surface area (Å²) in [5, 5.41) is 26.0. The second-order valence-electron chi connectivity index (χ2n) is 22.2. The van der Waals surface area contributed by atoms with E-state index in [1.807, 2.05) is 12.1 Å². The summed E-state index contributed by atoms with van der Waals surface area (Å²) in [5.74, 6) is 2.57. The zero-order valence-electron chi connectivity index (χ0n) is 37.0. The number of hydrogen-bond acceptors (Lipinski definition) is 6. The van der Waals surface area contributed by atoms with Crippen LogP contribution in [0.5, 0.6) is 5.88 Å². The van der Waals surface area contributed by atoms with Crippen LogP contribution >= 0.6 is 0 Å². The Bertz CT molecular complexity index is 1870. The summed E-state index contributed by atoms with van der Waals surface area (Å²) in [6.45, 7) is 20.8. The Labute approximate surface area is 357 Å². The standard InChI is InChI=1S/C50H74N2O6S/c1-33(2)36-17-26-50(52-31-29-49(55)24-15-35(16-25-49)59(56)57)28-27-46(6)38(42(36)50)11-12-40-45(5)20-18-37(44(3,4)39(45)19-21-47(40,46)7)34-13-22-48(23-14-34,43(53)54)32-58-41-10-8-9-30-51-41/h8-10,13,18,30,35-36,38-40,42,52,55H,1,11-12,14-17,19-29,31-32H2,2-7H3,(H,53,54)(H,56,57)/t35?,36-,38+,39-,40+,42+,45-,46+,47+,48?,49?,50-/m0/s1. The largest absolute Gasteiger partial charge is 0.481 e. The molecule has 5 saturated carbocycles. The Balaban J connectivity index is 1.00. The monoisotopic (exact) mass is 831 g/mol. The van der Waals surface area contributed by atoms with Crippen LogP contribution in [-0.2, 0) is 15.9 Å². The SMILES string of the molecule is C=C(C)[C@@H]1CC[C@]2(NCCC3(O)CCC(S(=O)O)CC3)CC[C@]3(C)[C@H](CC[C@@H]4[C@@]5(C)CC=C(C6=CCC(COc7ccccn7)(C(=O)O)CC6)C(C)(C)[C@@H]5CC[C@]43C)[C@@H]12. The van der Waals surface area contributed by atoms with E-state index in [0.29, 0.717) is 80.4 Å². The lowest BCUT2D eigenvalue weighted by atomic mass is 9.33. The van der Waals surface area contributed by atoms with Gasteiger partial charge in [-0.1, -0.05) is 65.0 Å². The van der Waals surface area contributed by atoms with Crippen molar-refractivity contribution in [3.63, 3.8) is 0 Å². The zero-order valence-corrected chi connectivity index (χ0v) is 37.8. The van der Waals surface area contributed by atoms with Gasteiger partial charge in [0.1, 0.15) is 12.0 Å². The van der Waals surface area contributed by atoms with E-state index in [-0.39, 0.29) is 39.1 Å². The number of nitrogens with one attached hydrogen (secondary N) is 1. The molecule has 0 amide bonds. The van der Waals surface area contributed by atoms with E-state index < -0.39 is 28.1 Å². The summed E-state index contributed by atoms with van der Waals surface area (Å²) in [6.07, 6.45) is 22.3. The van der Waals surface area contributed by atoms with Crippen molar-refractivity contribution in [3.05, 3.63) is 59.8 Å². The van der Waals surface area contributed by atoms with Crippen LogP contribution in [0.15, 0.2) is 59.8 Å². The molecule has 0 bridgehead atoms. The van der Waals surface area contributed by atoms with Crippen LogP contribution in [0.3, 0.4) is 0 Å². The van der Waals surface area contributed by atoms with Crippen molar-refractivity contribution in [1.29, 1.82) is 0 Å². The lowest BCUT2D eigenvalue weighted by molar-refractivity contribution is -0.221. The van der Waals surface area contributed by atoms with Gasteiger partial charge in [-0.05, 0) is 191 Å². The molecule has 0 radical (unpaired) electrons. The van der Waals surface area contributed by atoms with Crippen LogP contribution in [0.1, 0.15) is 151 Å². The number of aliphatic carboxylic acids is 1. The minimum absolute atomic E-state index is 0.00771. The molecule has 0 aromatic carbocycles. The number of ether oxygens (including phenoxy) is 1. The summed E-state index contributed by atoms with van der Waals surface area (Å²) in [4.78, 5) is 17.0. The predicted octanol–water partition coefficient (Wildman–Crippen LogP) is 10.5. The fourth-order valence-electron chi connectivity index (χ4n) is 15.9. The van der Waals surface area contributed by atoms with Gasteiger partial charge in [0.2, 0.25) is 5.88 Å². The summed E-state index contributed by atoms with van der Waals surface area (Å²) < 4.78 is 27.3. The number of rotatable bonds is 11. The van der Waals surface area contributed by atoms with Gasteiger partial charge < -0.3 is 24.8 Å². The molecule has 1 aromatic rings. The average Bonchev–Trinajstić information content (AvgIpc) is 3.58. The number of carboxylic acid groups (broad SMARTS) is 1. The van der Waals surface area contributed by atoms with Crippen LogP contribution in [0.2, 0.25) is 0 Å². The van der Waals surface area contributed by atoms with Crippen LogP contribution in [0.25, 0.3) is 0 Å². The van der Waals surface area contributed by atoms with Gasteiger partial charge in [-0.2, -0.15) is 0 Å². The summed E-state index contributed by atoms with van der Waals surface area (Å²) in [6, 6.07) is 5.49. The van der Waals surface area contributed by atoms with Crippen LogP contribution < -0.4 is 10.1 Å². The molecule has 2 unspecified atom stereocenters. The van der Waals surface area contributed by atoms with Crippen molar-refractivity contribution >= 4 is 17.0 Å². The van der Waals surface area contributed by atoms with Gasteiger partial charge in [0.05, 0.1) is 10.9 Å². The van der Waals surface area contributed by atoms with E-state index in [1.165, 1.54) is 68.1 Å². The Morgan fingerprint density at radius 2 is 1.68 bits per heavy atom. The van der Waals surface area contributed by atoms with E-state index >= 15 is 0 Å². The minimum Gasteiger partial charge on any atom is -0.481 e. The molecule has 4 N–H and O–H groups in total. The number of aromatic nitrogens is 1. The maximum atomic E-state index is 12.7. The summed E-state index contributed by atoms with van der Waals surface area (Å²) in [7, 11) is 0. The number of carboxylic acids is 1. The van der Waals surface area contributed by atoms with Crippen LogP contribution in [-0.4, -0.2) is 59.5 Å². The third kappa shape index (κ3) is 7.06. The smallest absolute Gasteiger partial charge is 0.313 e. The molecular formula is C50H74N2O6S. The topological polar surface area (TPSA) is 129 Å². The Morgan fingerprint density at radius 1 is 0.915 bits per heavy atom. The van der Waals surface area contributed by atoms with E-state index in [2.05, 4.69) is 70.6 Å². The number of hydrogen-bond donors (Lipinski definition) is 4. The average molecular weight is 831 g/mol. The van der Waals surface area contributed by atoms with E-state index in [4.69, 9.17) is 4.74 Å². The van der Waals surface area contributed by atoms with Crippen LogP contribution in [0, 0.1) is 56.7 Å². The molecule has 326 valence electrons. The molecule has 7 aliphatic carbocycles. The quantitative estimate of drug-likeness (QED) is 0.128. The lowest BCUT2D eigenvalue weighted by Crippen LogP contribution is -2.68. The van der Waals surface area contributed by atoms with Crippen molar-refractivity contribution < 1.29 is 28.5 Å². The van der Waals surface area contributed by atoms with E-state index in [9.17, 15) is 23.8 Å². The normalized spacial score (nSPS) is 44.4. The first kappa shape index (κ1) is 43.3. The second kappa shape index (κ2) is 15.5.